The van der Waals surface area contributed by atoms with Crippen molar-refractivity contribution in [3.63, 3.8) is 0 Å². The van der Waals surface area contributed by atoms with Crippen molar-refractivity contribution in [1.29, 1.82) is 0 Å². The van der Waals surface area contributed by atoms with Gasteiger partial charge in [-0.05, 0) is 37.1 Å². The Labute approximate surface area is 102 Å². The molecular weight excluding hydrogens is 223 g/mol. The molecule has 17 heavy (non-hydrogen) atoms. The summed E-state index contributed by atoms with van der Waals surface area (Å²) in [6.45, 7) is 0.691. The molecule has 0 aliphatic carbocycles. The van der Waals surface area contributed by atoms with Crippen LogP contribution in [0.1, 0.15) is 20.6 Å². The third-order valence-corrected chi connectivity index (χ3v) is 2.39. The van der Waals surface area contributed by atoms with Gasteiger partial charge < -0.3 is 24.2 Å². The van der Waals surface area contributed by atoms with Gasteiger partial charge in [0.05, 0.1) is 7.98 Å². The maximum absolute atomic E-state index is 8.66. The Kier molecular flexibility index (Phi) is 3.78. The molecule has 1 aliphatic heterocycles. The van der Waals surface area contributed by atoms with Gasteiger partial charge in [0, 0.05) is 6.42 Å². The number of benzene rings is 1. The molecule has 1 unspecified atom stereocenters. The maximum Gasteiger partial charge on any atom is 0.707 e. The number of ether oxygens (including phenoxy) is 2. The van der Waals surface area contributed by atoms with E-state index in [0.717, 1.165) is 19.3 Å². The molecule has 1 aromatic rings. The molecule has 1 saturated heterocycles. The predicted molar refractivity (Wildman–Crippen MR) is 61.5 cm³/mol. The Morgan fingerprint density at radius 2 is 2.12 bits per heavy atom. The van der Waals surface area contributed by atoms with Crippen LogP contribution in [0.25, 0.3) is 0 Å². The molecule has 0 radical (unpaired) electrons. The average molecular weight is 239 g/mol. The van der Waals surface area contributed by atoms with E-state index in [1.807, 2.05) is 0 Å². The molecule has 0 bridgehead atoms. The first-order chi connectivity index (χ1) is 8.65. The molecule has 2 N–H and O–H groups in total. The Morgan fingerprint density at radius 3 is 2.76 bits per heavy atom. The van der Waals surface area contributed by atoms with E-state index in [-0.39, 0.29) is 18.1 Å². The average Bonchev–Trinajstić information content (AvgIpc) is 2.33. The molecule has 5 nitrogen and oxygen atoms in total. The van der Waals surface area contributed by atoms with E-state index in [0.29, 0.717) is 12.4 Å². The Hall–Kier alpha value is -1.24. The quantitative estimate of drug-likeness (QED) is 0.765. The maximum atomic E-state index is 8.66. The molecule has 1 aliphatic rings. The molecule has 1 aromatic carbocycles. The largest absolute Gasteiger partial charge is 0.707 e. The van der Waals surface area contributed by atoms with Gasteiger partial charge >= 0.3 is 7.32 Å². The van der Waals surface area contributed by atoms with Crippen LogP contribution in [0.3, 0.4) is 0 Å². The molecule has 1 heterocycles. The van der Waals surface area contributed by atoms with Crippen molar-refractivity contribution in [2.75, 3.05) is 6.61 Å². The van der Waals surface area contributed by atoms with Crippen molar-refractivity contribution >= 4 is 7.32 Å². The monoisotopic (exact) mass is 239 g/mol. The SMILES string of the molecule is [2H]c1cc(OC2CCCCO2)ccc1OB(O)O. The van der Waals surface area contributed by atoms with Gasteiger partial charge in [0.2, 0.25) is 0 Å². The topological polar surface area (TPSA) is 68.2 Å². The van der Waals surface area contributed by atoms with Gasteiger partial charge in [-0.3, -0.25) is 0 Å². The highest BCUT2D eigenvalue weighted by Crippen LogP contribution is 2.22. The zero-order valence-electron chi connectivity index (χ0n) is 10.3. The standard InChI is InChI=1S/C11H15BO5/c13-12(14)17-10-6-4-9(5-7-10)16-11-3-1-2-8-15-11/h4-7,11,13-14H,1-3,8H2/i6D. The smallest absolute Gasteiger partial charge is 0.512 e. The van der Waals surface area contributed by atoms with Crippen molar-refractivity contribution in [2.45, 2.75) is 25.6 Å². The number of hydrogen-bond donors (Lipinski definition) is 2. The van der Waals surface area contributed by atoms with Crippen LogP contribution in [0.5, 0.6) is 11.5 Å². The summed E-state index contributed by atoms with van der Waals surface area (Å²) in [6.07, 6.45) is 2.68. The third kappa shape index (κ3) is 3.92. The lowest BCUT2D eigenvalue weighted by molar-refractivity contribution is -0.105. The Bertz CT molecular complexity index is 395. The molecule has 1 atom stereocenters. The molecule has 6 heteroatoms. The molecule has 92 valence electrons. The molecule has 2 rings (SSSR count). The molecular formula is C11H15BO5. The lowest BCUT2D eigenvalue weighted by Crippen LogP contribution is -2.25. The highest BCUT2D eigenvalue weighted by atomic mass is 16.7. The van der Waals surface area contributed by atoms with Crippen molar-refractivity contribution in [3.8, 4) is 11.5 Å². The highest BCUT2D eigenvalue weighted by Gasteiger charge is 2.15. The van der Waals surface area contributed by atoms with Gasteiger partial charge in [-0.15, -0.1) is 0 Å². The fraction of sp³-hybridized carbons (Fsp3) is 0.455. The van der Waals surface area contributed by atoms with Crippen LogP contribution in [-0.4, -0.2) is 30.3 Å². The van der Waals surface area contributed by atoms with Crippen LogP contribution in [0.4, 0.5) is 0 Å². The minimum absolute atomic E-state index is 0.0245. The summed E-state index contributed by atoms with van der Waals surface area (Å²) >= 11 is 0. The second-order valence-electron chi connectivity index (χ2n) is 3.75. The highest BCUT2D eigenvalue weighted by molar-refractivity contribution is 6.33. The van der Waals surface area contributed by atoms with Crippen molar-refractivity contribution < 1.29 is 25.5 Å². The molecule has 0 saturated carbocycles. The van der Waals surface area contributed by atoms with Crippen LogP contribution >= 0.6 is 0 Å². The number of hydrogen-bond acceptors (Lipinski definition) is 5. The first-order valence-corrected chi connectivity index (χ1v) is 5.57. The molecule has 0 aromatic heterocycles. The molecule has 0 amide bonds. The first-order valence-electron chi connectivity index (χ1n) is 6.07. The Balaban J connectivity index is 1.99. The zero-order valence-corrected chi connectivity index (χ0v) is 9.33. The zero-order chi connectivity index (χ0) is 13.0. The van der Waals surface area contributed by atoms with E-state index < -0.39 is 7.32 Å². The van der Waals surface area contributed by atoms with Crippen LogP contribution in [0.15, 0.2) is 24.2 Å². The van der Waals surface area contributed by atoms with Crippen molar-refractivity contribution in [2.24, 2.45) is 0 Å². The van der Waals surface area contributed by atoms with E-state index in [9.17, 15) is 0 Å². The summed E-state index contributed by atoms with van der Waals surface area (Å²) in [7, 11) is -1.93. The molecule has 1 fully saturated rings. The van der Waals surface area contributed by atoms with Gasteiger partial charge in [0.1, 0.15) is 11.5 Å². The van der Waals surface area contributed by atoms with Crippen molar-refractivity contribution in [1.82, 2.24) is 0 Å². The summed E-state index contributed by atoms with van der Waals surface area (Å²) < 4.78 is 23.3. The van der Waals surface area contributed by atoms with Crippen LogP contribution in [0.2, 0.25) is 0 Å². The van der Waals surface area contributed by atoms with Gasteiger partial charge in [-0.1, -0.05) is 0 Å². The van der Waals surface area contributed by atoms with E-state index in [2.05, 4.69) is 4.65 Å². The van der Waals surface area contributed by atoms with Gasteiger partial charge in [-0.2, -0.15) is 0 Å². The summed E-state index contributed by atoms with van der Waals surface area (Å²) in [5, 5.41) is 17.3. The normalized spacial score (nSPS) is 20.6. The minimum atomic E-state index is -1.93. The second kappa shape index (κ2) is 5.91. The second-order valence-corrected chi connectivity index (χ2v) is 3.75. The lowest BCUT2D eigenvalue weighted by Gasteiger charge is -2.23. The third-order valence-electron chi connectivity index (χ3n) is 2.39. The van der Waals surface area contributed by atoms with Gasteiger partial charge in [-0.25, -0.2) is 0 Å². The predicted octanol–water partition coefficient (Wildman–Crippen LogP) is 0.940. The van der Waals surface area contributed by atoms with Gasteiger partial charge in [0.15, 0.2) is 6.29 Å². The summed E-state index contributed by atoms with van der Waals surface area (Å²) in [5.74, 6) is 0.591. The Morgan fingerprint density at radius 1 is 1.29 bits per heavy atom. The van der Waals surface area contributed by atoms with E-state index in [4.69, 9.17) is 20.9 Å². The van der Waals surface area contributed by atoms with E-state index in [1.54, 1.807) is 6.07 Å². The fourth-order valence-corrected chi connectivity index (χ4v) is 1.61. The van der Waals surface area contributed by atoms with Gasteiger partial charge in [0.25, 0.3) is 0 Å². The van der Waals surface area contributed by atoms with Crippen LogP contribution in [0, 0.1) is 0 Å². The minimum Gasteiger partial charge on any atom is -0.512 e. The summed E-state index contributed by atoms with van der Waals surface area (Å²) in [5.41, 5.74) is 0. The van der Waals surface area contributed by atoms with Crippen LogP contribution < -0.4 is 9.39 Å². The number of rotatable bonds is 4. The van der Waals surface area contributed by atoms with E-state index >= 15 is 0 Å². The summed E-state index contributed by atoms with van der Waals surface area (Å²) in [6, 6.07) is 4.54. The fourth-order valence-electron chi connectivity index (χ4n) is 1.61. The van der Waals surface area contributed by atoms with Crippen LogP contribution in [-0.2, 0) is 4.74 Å². The molecule has 0 spiro atoms. The summed E-state index contributed by atoms with van der Waals surface area (Å²) in [4.78, 5) is 0. The first kappa shape index (κ1) is 10.9. The van der Waals surface area contributed by atoms with E-state index in [1.165, 1.54) is 12.1 Å². The van der Waals surface area contributed by atoms with Crippen molar-refractivity contribution in [3.05, 3.63) is 24.2 Å². The lowest BCUT2D eigenvalue weighted by atomic mass is 10.2.